The Bertz CT molecular complexity index is 1470. The summed E-state index contributed by atoms with van der Waals surface area (Å²) < 4.78 is 39.7. The lowest BCUT2D eigenvalue weighted by atomic mass is 10.1. The second kappa shape index (κ2) is 12.6. The van der Waals surface area contributed by atoms with Crippen molar-refractivity contribution < 1.29 is 22.7 Å². The lowest BCUT2D eigenvalue weighted by Crippen LogP contribution is -2.33. The van der Waals surface area contributed by atoms with Crippen molar-refractivity contribution in [3.63, 3.8) is 0 Å². The minimum absolute atomic E-state index is 0.171. The molecule has 10 heteroatoms. The first-order chi connectivity index (χ1) is 18.8. The summed E-state index contributed by atoms with van der Waals surface area (Å²) in [7, 11) is -0.488. The van der Waals surface area contributed by atoms with Crippen molar-refractivity contribution in [3.05, 3.63) is 77.9 Å². The first-order valence-electron chi connectivity index (χ1n) is 12.8. The van der Waals surface area contributed by atoms with Crippen LogP contribution in [0.1, 0.15) is 42.6 Å². The normalized spacial score (nSPS) is 11.6. The molecule has 4 rings (SSSR count). The van der Waals surface area contributed by atoms with E-state index in [9.17, 15) is 13.2 Å². The summed E-state index contributed by atoms with van der Waals surface area (Å²) in [5.41, 5.74) is 1.90. The molecule has 0 radical (unpaired) electrons. The van der Waals surface area contributed by atoms with Crippen LogP contribution in [0.4, 0.5) is 5.13 Å². The Labute approximate surface area is 233 Å². The number of hydrogen-bond donors (Lipinski definition) is 0. The smallest absolute Gasteiger partial charge is 0.260 e. The molecule has 8 nitrogen and oxygen atoms in total. The number of fused-ring (bicyclic) bond motifs is 1. The Morgan fingerprint density at radius 2 is 1.49 bits per heavy atom. The minimum atomic E-state index is -3.65. The van der Waals surface area contributed by atoms with E-state index in [1.165, 1.54) is 27.8 Å². The van der Waals surface area contributed by atoms with Crippen LogP contribution >= 0.6 is 11.3 Å². The number of amides is 1. The molecular formula is C29H33N3O5S2. The second-order valence-corrected chi connectivity index (χ2v) is 11.9. The molecule has 1 heterocycles. The summed E-state index contributed by atoms with van der Waals surface area (Å²) in [6.45, 7) is 5.09. The zero-order valence-corrected chi connectivity index (χ0v) is 24.2. The Morgan fingerprint density at radius 1 is 0.872 bits per heavy atom. The molecule has 0 spiro atoms. The van der Waals surface area contributed by atoms with E-state index in [4.69, 9.17) is 14.5 Å². The van der Waals surface area contributed by atoms with Crippen LogP contribution in [0.2, 0.25) is 0 Å². The molecule has 0 saturated heterocycles. The van der Waals surface area contributed by atoms with E-state index in [1.54, 1.807) is 37.3 Å². The van der Waals surface area contributed by atoms with Gasteiger partial charge in [-0.25, -0.2) is 13.4 Å². The fourth-order valence-electron chi connectivity index (χ4n) is 4.31. The summed E-state index contributed by atoms with van der Waals surface area (Å²) in [5, 5.41) is 0.482. The minimum Gasteiger partial charge on any atom is -0.495 e. The molecule has 0 fully saturated rings. The van der Waals surface area contributed by atoms with Crippen molar-refractivity contribution in [1.29, 1.82) is 0 Å². The van der Waals surface area contributed by atoms with Crippen LogP contribution in [0.5, 0.6) is 11.5 Å². The van der Waals surface area contributed by atoms with Gasteiger partial charge in [-0.3, -0.25) is 9.69 Å². The second-order valence-electron chi connectivity index (χ2n) is 8.95. The van der Waals surface area contributed by atoms with Crippen LogP contribution in [0.25, 0.3) is 10.2 Å². The van der Waals surface area contributed by atoms with Gasteiger partial charge in [0.1, 0.15) is 21.7 Å². The van der Waals surface area contributed by atoms with Crippen LogP contribution in [-0.4, -0.2) is 50.9 Å². The molecule has 0 bridgehead atoms. The van der Waals surface area contributed by atoms with E-state index in [2.05, 4.69) is 0 Å². The van der Waals surface area contributed by atoms with E-state index in [1.807, 2.05) is 50.2 Å². The topological polar surface area (TPSA) is 89.0 Å². The van der Waals surface area contributed by atoms with Gasteiger partial charge in [-0.05, 0) is 54.8 Å². The number of hydrogen-bond acceptors (Lipinski definition) is 7. The number of nitrogens with zero attached hydrogens (tertiary/aromatic N) is 3. The summed E-state index contributed by atoms with van der Waals surface area (Å²) in [4.78, 5) is 20.4. The van der Waals surface area contributed by atoms with Crippen molar-refractivity contribution in [1.82, 2.24) is 9.29 Å². The van der Waals surface area contributed by atoms with Crippen molar-refractivity contribution in [2.45, 2.75) is 38.1 Å². The van der Waals surface area contributed by atoms with Gasteiger partial charge in [0.05, 0.1) is 25.7 Å². The number of aromatic nitrogens is 1. The molecular weight excluding hydrogens is 534 g/mol. The van der Waals surface area contributed by atoms with Crippen LogP contribution in [0, 0.1) is 0 Å². The zero-order chi connectivity index (χ0) is 28.0. The largest absolute Gasteiger partial charge is 0.495 e. The highest BCUT2D eigenvalue weighted by atomic mass is 32.2. The van der Waals surface area contributed by atoms with Crippen LogP contribution in [-0.2, 0) is 16.6 Å². The standard InChI is InChI=1S/C29H33N3O5S2/c1-5-18-31(19-6-2)39(34,35)23-14-12-22(13-15-23)28(33)32(20-21-10-8-7-9-11-21)29-30-26-24(36-3)16-17-25(37-4)27(26)38-29/h7-17H,5-6,18-20H2,1-4H3. The van der Waals surface area contributed by atoms with Crippen LogP contribution < -0.4 is 14.4 Å². The van der Waals surface area contributed by atoms with Crippen LogP contribution in [0.15, 0.2) is 71.6 Å². The fraction of sp³-hybridized carbons (Fsp3) is 0.310. The van der Waals surface area contributed by atoms with E-state index in [-0.39, 0.29) is 17.3 Å². The van der Waals surface area contributed by atoms with Gasteiger partial charge in [0.2, 0.25) is 10.0 Å². The van der Waals surface area contributed by atoms with E-state index in [0.29, 0.717) is 40.8 Å². The third kappa shape index (κ3) is 6.08. The molecule has 0 unspecified atom stereocenters. The average Bonchev–Trinajstić information content (AvgIpc) is 3.41. The number of rotatable bonds is 12. The molecule has 4 aromatic rings. The molecule has 1 amide bonds. The molecule has 0 N–H and O–H groups in total. The number of carbonyl (C=O) groups excluding carboxylic acids is 1. The van der Waals surface area contributed by atoms with Crippen molar-refractivity contribution in [2.24, 2.45) is 0 Å². The molecule has 0 saturated carbocycles. The quantitative estimate of drug-likeness (QED) is 0.210. The summed E-state index contributed by atoms with van der Waals surface area (Å²) in [5.74, 6) is 0.928. The molecule has 0 aliphatic rings. The number of benzene rings is 3. The number of anilines is 1. The molecule has 1 aromatic heterocycles. The van der Waals surface area contributed by atoms with Gasteiger partial charge in [0.15, 0.2) is 5.13 Å². The third-order valence-corrected chi connectivity index (χ3v) is 9.25. The Balaban J connectivity index is 1.73. The van der Waals surface area contributed by atoms with Gasteiger partial charge in [-0.2, -0.15) is 4.31 Å². The van der Waals surface area contributed by atoms with Crippen molar-refractivity contribution in [2.75, 3.05) is 32.2 Å². The number of methoxy groups -OCH3 is 2. The highest BCUT2D eigenvalue weighted by molar-refractivity contribution is 7.89. The van der Waals surface area contributed by atoms with Gasteiger partial charge in [0.25, 0.3) is 5.91 Å². The molecule has 39 heavy (non-hydrogen) atoms. The summed E-state index contributed by atoms with van der Waals surface area (Å²) in [6, 6.07) is 19.4. The highest BCUT2D eigenvalue weighted by Gasteiger charge is 2.26. The first-order valence-corrected chi connectivity index (χ1v) is 15.1. The number of ether oxygens (including phenoxy) is 2. The predicted molar refractivity (Wildman–Crippen MR) is 155 cm³/mol. The van der Waals surface area contributed by atoms with Crippen molar-refractivity contribution in [3.8, 4) is 11.5 Å². The average molecular weight is 568 g/mol. The lowest BCUT2D eigenvalue weighted by molar-refractivity contribution is 0.0985. The van der Waals surface area contributed by atoms with Gasteiger partial charge < -0.3 is 9.47 Å². The van der Waals surface area contributed by atoms with E-state index >= 15 is 0 Å². The number of sulfonamides is 1. The summed E-state index contributed by atoms with van der Waals surface area (Å²) >= 11 is 1.34. The maximum atomic E-state index is 13.9. The predicted octanol–water partition coefficient (Wildman–Crippen LogP) is 5.97. The molecule has 0 aliphatic heterocycles. The van der Waals surface area contributed by atoms with Gasteiger partial charge in [-0.15, -0.1) is 0 Å². The van der Waals surface area contributed by atoms with Gasteiger partial charge in [-0.1, -0.05) is 55.5 Å². The number of thiazole rings is 1. The Hall–Kier alpha value is -3.47. The molecule has 0 aliphatic carbocycles. The van der Waals surface area contributed by atoms with Gasteiger partial charge in [0, 0.05) is 18.7 Å². The molecule has 0 atom stereocenters. The summed E-state index contributed by atoms with van der Waals surface area (Å²) in [6.07, 6.45) is 1.45. The van der Waals surface area contributed by atoms with Crippen molar-refractivity contribution >= 4 is 42.6 Å². The van der Waals surface area contributed by atoms with Crippen LogP contribution in [0.3, 0.4) is 0 Å². The Kier molecular flexibility index (Phi) is 9.21. The van der Waals surface area contributed by atoms with Gasteiger partial charge >= 0.3 is 0 Å². The monoisotopic (exact) mass is 567 g/mol. The first kappa shape index (κ1) is 28.5. The SMILES string of the molecule is CCCN(CCC)S(=O)(=O)c1ccc(C(=O)N(Cc2ccccc2)c2nc3c(OC)ccc(OC)c3s2)cc1. The lowest BCUT2D eigenvalue weighted by Gasteiger charge is -2.22. The molecule has 206 valence electrons. The van der Waals surface area contributed by atoms with E-state index in [0.717, 1.165) is 23.1 Å². The maximum absolute atomic E-state index is 13.9. The Morgan fingerprint density at radius 3 is 2.08 bits per heavy atom. The third-order valence-electron chi connectivity index (χ3n) is 6.24. The molecule has 3 aromatic carbocycles. The number of carbonyl (C=O) groups is 1. The fourth-order valence-corrected chi connectivity index (χ4v) is 7.00. The zero-order valence-electron chi connectivity index (χ0n) is 22.6. The van der Waals surface area contributed by atoms with E-state index < -0.39 is 10.0 Å². The highest BCUT2D eigenvalue weighted by Crippen LogP contribution is 2.40. The maximum Gasteiger partial charge on any atom is 0.260 e.